The molecular formula is C16H23IN4. The zero-order valence-electron chi connectivity index (χ0n) is 12.6. The number of guanidine groups is 1. The van der Waals surface area contributed by atoms with Crippen LogP contribution in [0.5, 0.6) is 0 Å². The molecule has 1 heterocycles. The zero-order chi connectivity index (χ0) is 14.4. The topological polar surface area (TPSA) is 52.2 Å². The predicted octanol–water partition coefficient (Wildman–Crippen LogP) is 2.99. The van der Waals surface area contributed by atoms with Crippen molar-refractivity contribution in [2.45, 2.75) is 13.3 Å². The van der Waals surface area contributed by atoms with Crippen molar-refractivity contribution in [2.75, 3.05) is 20.1 Å². The molecule has 2 rings (SSSR count). The van der Waals surface area contributed by atoms with E-state index in [0.717, 1.165) is 18.9 Å². The first kappa shape index (κ1) is 17.6. The second-order valence-electron chi connectivity index (χ2n) is 4.73. The summed E-state index contributed by atoms with van der Waals surface area (Å²) in [5.74, 6) is 0.806. The van der Waals surface area contributed by atoms with E-state index in [0.29, 0.717) is 6.54 Å². The van der Waals surface area contributed by atoms with Crippen LogP contribution in [0.2, 0.25) is 0 Å². The smallest absolute Gasteiger partial charge is 0.191 e. The Labute approximate surface area is 143 Å². The van der Waals surface area contributed by atoms with Crippen molar-refractivity contribution in [3.63, 3.8) is 0 Å². The summed E-state index contributed by atoms with van der Waals surface area (Å²) >= 11 is 0. The highest BCUT2D eigenvalue weighted by molar-refractivity contribution is 14.0. The third-order valence-electron chi connectivity index (χ3n) is 3.33. The van der Waals surface area contributed by atoms with E-state index in [4.69, 9.17) is 0 Å². The van der Waals surface area contributed by atoms with Crippen LogP contribution < -0.4 is 10.6 Å². The Morgan fingerprint density at radius 1 is 1.38 bits per heavy atom. The number of rotatable bonds is 5. The summed E-state index contributed by atoms with van der Waals surface area (Å²) in [6.45, 7) is 7.37. The highest BCUT2D eigenvalue weighted by Crippen LogP contribution is 2.21. The summed E-state index contributed by atoms with van der Waals surface area (Å²) in [4.78, 5) is 7.52. The number of fused-ring (bicyclic) bond motifs is 1. The minimum atomic E-state index is 0. The molecule has 5 heteroatoms. The highest BCUT2D eigenvalue weighted by Gasteiger charge is 2.05. The number of aliphatic imine (C=N–C) groups is 1. The normalized spacial score (nSPS) is 11.0. The standard InChI is InChI=1S/C16H22N4.HI/c1-4-9-18-16(17-3)19-10-8-13-11-20-15-12(2)6-5-7-14(13)15;/h4-7,11,20H,1,8-10H2,2-3H3,(H2,17,18,19);1H. The average molecular weight is 398 g/mol. The molecule has 21 heavy (non-hydrogen) atoms. The Hall–Kier alpha value is -1.50. The molecule has 0 radical (unpaired) electrons. The molecule has 0 unspecified atom stereocenters. The molecule has 4 nitrogen and oxygen atoms in total. The highest BCUT2D eigenvalue weighted by atomic mass is 127. The van der Waals surface area contributed by atoms with E-state index < -0.39 is 0 Å². The van der Waals surface area contributed by atoms with Gasteiger partial charge in [-0.15, -0.1) is 30.6 Å². The lowest BCUT2D eigenvalue weighted by Gasteiger charge is -2.09. The van der Waals surface area contributed by atoms with Crippen molar-refractivity contribution >= 4 is 40.8 Å². The number of nitrogens with zero attached hydrogens (tertiary/aromatic N) is 1. The third kappa shape index (κ3) is 4.49. The number of para-hydroxylation sites is 1. The van der Waals surface area contributed by atoms with Gasteiger partial charge in [0.15, 0.2) is 5.96 Å². The summed E-state index contributed by atoms with van der Waals surface area (Å²) in [5.41, 5.74) is 3.84. The number of hydrogen-bond acceptors (Lipinski definition) is 1. The van der Waals surface area contributed by atoms with Gasteiger partial charge in [0, 0.05) is 37.2 Å². The molecule has 3 N–H and O–H groups in total. The van der Waals surface area contributed by atoms with E-state index in [-0.39, 0.29) is 24.0 Å². The number of aromatic nitrogens is 1. The molecule has 114 valence electrons. The average Bonchev–Trinajstić information content (AvgIpc) is 2.87. The van der Waals surface area contributed by atoms with Crippen LogP contribution in [0.25, 0.3) is 10.9 Å². The van der Waals surface area contributed by atoms with Gasteiger partial charge in [-0.3, -0.25) is 4.99 Å². The van der Waals surface area contributed by atoms with Gasteiger partial charge in [0.25, 0.3) is 0 Å². The quantitative estimate of drug-likeness (QED) is 0.314. The van der Waals surface area contributed by atoms with Crippen molar-refractivity contribution in [3.8, 4) is 0 Å². The second kappa shape index (κ2) is 8.71. The van der Waals surface area contributed by atoms with Gasteiger partial charge in [-0.05, 0) is 24.5 Å². The van der Waals surface area contributed by atoms with Crippen molar-refractivity contribution in [1.82, 2.24) is 15.6 Å². The molecule has 0 aliphatic heterocycles. The molecule has 0 bridgehead atoms. The number of benzene rings is 1. The Morgan fingerprint density at radius 2 is 2.19 bits per heavy atom. The first-order chi connectivity index (χ1) is 9.76. The van der Waals surface area contributed by atoms with E-state index in [1.165, 1.54) is 22.0 Å². The van der Waals surface area contributed by atoms with Gasteiger partial charge in [0.05, 0.1) is 0 Å². The van der Waals surface area contributed by atoms with Crippen LogP contribution in [0.4, 0.5) is 0 Å². The van der Waals surface area contributed by atoms with Gasteiger partial charge in [-0.2, -0.15) is 0 Å². The molecule has 2 aromatic rings. The lowest BCUT2D eigenvalue weighted by atomic mass is 10.1. The van der Waals surface area contributed by atoms with Crippen LogP contribution in [0.1, 0.15) is 11.1 Å². The third-order valence-corrected chi connectivity index (χ3v) is 3.33. The first-order valence-corrected chi connectivity index (χ1v) is 6.87. The Balaban J connectivity index is 0.00000220. The van der Waals surface area contributed by atoms with Gasteiger partial charge < -0.3 is 15.6 Å². The van der Waals surface area contributed by atoms with Gasteiger partial charge >= 0.3 is 0 Å². The molecule has 0 amide bonds. The minimum absolute atomic E-state index is 0. The fourth-order valence-electron chi connectivity index (χ4n) is 2.28. The minimum Gasteiger partial charge on any atom is -0.361 e. The number of hydrogen-bond donors (Lipinski definition) is 3. The predicted molar refractivity (Wildman–Crippen MR) is 102 cm³/mol. The fourth-order valence-corrected chi connectivity index (χ4v) is 2.28. The number of aromatic amines is 1. The van der Waals surface area contributed by atoms with Crippen molar-refractivity contribution < 1.29 is 0 Å². The summed E-state index contributed by atoms with van der Waals surface area (Å²) < 4.78 is 0. The Kier molecular flexibility index (Phi) is 7.28. The van der Waals surface area contributed by atoms with Crippen LogP contribution >= 0.6 is 24.0 Å². The first-order valence-electron chi connectivity index (χ1n) is 6.87. The van der Waals surface area contributed by atoms with Crippen LogP contribution in [0, 0.1) is 6.92 Å². The summed E-state index contributed by atoms with van der Waals surface area (Å²) in [6.07, 6.45) is 4.87. The van der Waals surface area contributed by atoms with Crippen molar-refractivity contribution in [2.24, 2.45) is 4.99 Å². The maximum atomic E-state index is 4.16. The van der Waals surface area contributed by atoms with Gasteiger partial charge in [-0.1, -0.05) is 24.3 Å². The molecule has 0 fully saturated rings. The van der Waals surface area contributed by atoms with Gasteiger partial charge in [0.2, 0.25) is 0 Å². The van der Waals surface area contributed by atoms with E-state index in [1.807, 2.05) is 6.08 Å². The van der Waals surface area contributed by atoms with Crippen LogP contribution in [-0.2, 0) is 6.42 Å². The maximum absolute atomic E-state index is 4.16. The summed E-state index contributed by atoms with van der Waals surface area (Å²) in [7, 11) is 1.77. The van der Waals surface area contributed by atoms with Crippen LogP contribution in [0.3, 0.4) is 0 Å². The summed E-state index contributed by atoms with van der Waals surface area (Å²) in [6, 6.07) is 6.40. The maximum Gasteiger partial charge on any atom is 0.191 e. The van der Waals surface area contributed by atoms with Crippen LogP contribution in [0.15, 0.2) is 42.0 Å². The largest absolute Gasteiger partial charge is 0.361 e. The van der Waals surface area contributed by atoms with E-state index >= 15 is 0 Å². The zero-order valence-corrected chi connectivity index (χ0v) is 14.9. The van der Waals surface area contributed by atoms with E-state index in [2.05, 4.69) is 58.5 Å². The fraction of sp³-hybridized carbons (Fsp3) is 0.312. The molecule has 1 aromatic carbocycles. The molecule has 0 aliphatic carbocycles. The SMILES string of the molecule is C=CCNC(=NC)NCCc1c[nH]c2c(C)cccc12.I. The number of aryl methyl sites for hydroxylation is 1. The van der Waals surface area contributed by atoms with Gasteiger partial charge in [-0.25, -0.2) is 0 Å². The Morgan fingerprint density at radius 3 is 2.90 bits per heavy atom. The molecule has 0 saturated carbocycles. The summed E-state index contributed by atoms with van der Waals surface area (Å²) in [5, 5.41) is 7.76. The molecular weight excluding hydrogens is 375 g/mol. The molecule has 0 atom stereocenters. The second-order valence-corrected chi connectivity index (χ2v) is 4.73. The van der Waals surface area contributed by atoms with Crippen LogP contribution in [-0.4, -0.2) is 31.1 Å². The number of H-pyrrole nitrogens is 1. The van der Waals surface area contributed by atoms with Crippen molar-refractivity contribution in [3.05, 3.63) is 48.2 Å². The molecule has 0 aliphatic rings. The monoisotopic (exact) mass is 398 g/mol. The molecule has 0 spiro atoms. The number of nitrogens with one attached hydrogen (secondary N) is 3. The lowest BCUT2D eigenvalue weighted by Crippen LogP contribution is -2.38. The van der Waals surface area contributed by atoms with Crippen molar-refractivity contribution in [1.29, 1.82) is 0 Å². The van der Waals surface area contributed by atoms with Gasteiger partial charge in [0.1, 0.15) is 0 Å². The number of halogens is 1. The lowest BCUT2D eigenvalue weighted by molar-refractivity contribution is 0.824. The van der Waals surface area contributed by atoms with E-state index in [9.17, 15) is 0 Å². The van der Waals surface area contributed by atoms with E-state index in [1.54, 1.807) is 7.05 Å². The Bertz CT molecular complexity index is 616. The molecule has 1 aromatic heterocycles. The molecule has 0 saturated heterocycles.